The minimum Gasteiger partial charge on any atom is -0.477 e. The lowest BCUT2D eigenvalue weighted by Crippen LogP contribution is -2.43. The smallest absolute Gasteiger partial charge is 0.352 e. The van der Waals surface area contributed by atoms with Crippen molar-refractivity contribution in [3.05, 3.63) is 44.7 Å². The van der Waals surface area contributed by atoms with Crippen molar-refractivity contribution in [3.8, 4) is 0 Å². The summed E-state index contributed by atoms with van der Waals surface area (Å²) < 4.78 is 0. The zero-order valence-corrected chi connectivity index (χ0v) is 10.6. The summed E-state index contributed by atoms with van der Waals surface area (Å²) >= 11 is 0. The summed E-state index contributed by atoms with van der Waals surface area (Å²) in [5, 5.41) is 10.1. The first-order chi connectivity index (χ1) is 8.30. The van der Waals surface area contributed by atoms with Crippen LogP contribution in [0, 0.1) is 5.41 Å². The number of nitrogens with one attached hydrogen (secondary N) is 1. The number of carbonyl (C=O) groups is 1. The number of hydrogen-bond donors (Lipinski definition) is 2. The maximum Gasteiger partial charge on any atom is 0.352 e. The molecule has 1 aliphatic rings. The fourth-order valence-electron chi connectivity index (χ4n) is 1.98. The molecule has 0 bridgehead atoms. The molecular weight excluding hydrogens is 230 g/mol. The fraction of sp³-hybridized carbons (Fsp3) is 0.286. The number of pyridine rings is 1. The number of carboxylic acid groups (broad SMARTS) is 1. The van der Waals surface area contributed by atoms with Gasteiger partial charge in [0.2, 0.25) is 0 Å². The van der Waals surface area contributed by atoms with Crippen LogP contribution in [-0.4, -0.2) is 16.1 Å². The van der Waals surface area contributed by atoms with Crippen LogP contribution in [0.1, 0.15) is 31.3 Å². The van der Waals surface area contributed by atoms with Crippen LogP contribution in [0.5, 0.6) is 0 Å². The van der Waals surface area contributed by atoms with Gasteiger partial charge in [0.25, 0.3) is 0 Å². The second-order valence-electron chi connectivity index (χ2n) is 5.12. The van der Waals surface area contributed by atoms with E-state index in [4.69, 9.17) is 5.11 Å². The Balaban J connectivity index is 2.97. The molecule has 1 heterocycles. The van der Waals surface area contributed by atoms with Gasteiger partial charge in [-0.3, -0.25) is 4.79 Å². The first-order valence-corrected chi connectivity index (χ1v) is 5.70. The molecule has 1 aromatic heterocycles. The molecule has 0 amide bonds. The van der Waals surface area contributed by atoms with Crippen LogP contribution in [0.3, 0.4) is 0 Å². The lowest BCUT2D eigenvalue weighted by atomic mass is 9.92. The average Bonchev–Trinajstić information content (AvgIpc) is 2.38. The van der Waals surface area contributed by atoms with Crippen LogP contribution in [0.2, 0.25) is 0 Å². The molecule has 0 atom stereocenters. The minimum atomic E-state index is -1.13. The summed E-state index contributed by atoms with van der Waals surface area (Å²) in [6.45, 7) is 5.85. The predicted molar refractivity (Wildman–Crippen MR) is 69.7 cm³/mol. The van der Waals surface area contributed by atoms with Crippen LogP contribution >= 0.6 is 0 Å². The number of rotatable bonds is 1. The number of carboxylic acids is 1. The molecule has 1 aromatic rings. The van der Waals surface area contributed by atoms with Crippen molar-refractivity contribution >= 4 is 17.6 Å². The standard InChI is InChI=1S/C14H15NO3/c1-8-4-5-14(2,3)7-9-11(16)6-10(13(17)18)15-12(8)9/h4-7,15H,1-3H3,(H,17,18). The summed E-state index contributed by atoms with van der Waals surface area (Å²) in [7, 11) is 0. The summed E-state index contributed by atoms with van der Waals surface area (Å²) in [5.74, 6) is -1.13. The lowest BCUT2D eigenvalue weighted by Gasteiger charge is -2.12. The molecule has 0 aliphatic heterocycles. The predicted octanol–water partition coefficient (Wildman–Crippen LogP) is 0.620. The van der Waals surface area contributed by atoms with Crippen LogP contribution in [-0.2, 0) is 0 Å². The Labute approximate surface area is 104 Å². The van der Waals surface area contributed by atoms with E-state index < -0.39 is 5.97 Å². The molecular formula is C14H15NO3. The highest BCUT2D eigenvalue weighted by Gasteiger charge is 2.15. The van der Waals surface area contributed by atoms with Gasteiger partial charge in [0.05, 0.1) is 5.35 Å². The maximum atomic E-state index is 12.0. The number of aromatic carboxylic acids is 1. The zero-order chi connectivity index (χ0) is 13.5. The molecule has 2 N–H and O–H groups in total. The number of fused-ring (bicyclic) bond motifs is 1. The van der Waals surface area contributed by atoms with Gasteiger partial charge in [0.15, 0.2) is 5.43 Å². The van der Waals surface area contributed by atoms with E-state index >= 15 is 0 Å². The number of H-pyrrole nitrogens is 1. The fourth-order valence-corrected chi connectivity index (χ4v) is 1.98. The van der Waals surface area contributed by atoms with Gasteiger partial charge in [0.1, 0.15) is 5.69 Å². The zero-order valence-electron chi connectivity index (χ0n) is 10.6. The van der Waals surface area contributed by atoms with Gasteiger partial charge in [-0.1, -0.05) is 32.1 Å². The monoisotopic (exact) mass is 245 g/mol. The van der Waals surface area contributed by atoms with Crippen molar-refractivity contribution in [2.75, 3.05) is 0 Å². The molecule has 4 nitrogen and oxygen atoms in total. The summed E-state index contributed by atoms with van der Waals surface area (Å²) in [6.07, 6.45) is 5.76. The second kappa shape index (κ2) is 3.98. The first-order valence-electron chi connectivity index (χ1n) is 5.70. The third kappa shape index (κ3) is 2.14. The molecule has 2 rings (SSSR count). The van der Waals surface area contributed by atoms with Crippen LogP contribution in [0.25, 0.3) is 11.6 Å². The molecule has 0 radical (unpaired) electrons. The first kappa shape index (κ1) is 12.4. The van der Waals surface area contributed by atoms with E-state index in [1.165, 1.54) is 0 Å². The highest BCUT2D eigenvalue weighted by Crippen LogP contribution is 2.20. The van der Waals surface area contributed by atoms with Crippen molar-refractivity contribution < 1.29 is 9.90 Å². The molecule has 0 aromatic carbocycles. The van der Waals surface area contributed by atoms with Gasteiger partial charge in [-0.2, -0.15) is 0 Å². The van der Waals surface area contributed by atoms with E-state index in [0.717, 1.165) is 11.6 Å². The Hall–Kier alpha value is -2.10. The van der Waals surface area contributed by atoms with E-state index in [0.29, 0.717) is 10.6 Å². The quantitative estimate of drug-likeness (QED) is 0.762. The Morgan fingerprint density at radius 1 is 1.39 bits per heavy atom. The third-order valence-corrected chi connectivity index (χ3v) is 2.97. The molecule has 0 saturated heterocycles. The molecule has 18 heavy (non-hydrogen) atoms. The highest BCUT2D eigenvalue weighted by atomic mass is 16.4. The molecule has 4 heteroatoms. The molecule has 0 unspecified atom stereocenters. The summed E-state index contributed by atoms with van der Waals surface area (Å²) in [6, 6.07) is 1.13. The van der Waals surface area contributed by atoms with Crippen molar-refractivity contribution in [2.45, 2.75) is 20.8 Å². The minimum absolute atomic E-state index is 0.0837. The normalized spacial score (nSPS) is 16.7. The van der Waals surface area contributed by atoms with Crippen LogP contribution in [0.15, 0.2) is 23.0 Å². The van der Waals surface area contributed by atoms with Crippen molar-refractivity contribution in [2.24, 2.45) is 5.41 Å². The lowest BCUT2D eigenvalue weighted by molar-refractivity contribution is 0.0690. The van der Waals surface area contributed by atoms with E-state index in [2.05, 4.69) is 4.98 Å². The Morgan fingerprint density at radius 2 is 2.06 bits per heavy atom. The number of hydrogen-bond acceptors (Lipinski definition) is 2. The molecule has 0 spiro atoms. The topological polar surface area (TPSA) is 70.2 Å². The number of allylic oxidation sites excluding steroid dienone is 2. The third-order valence-electron chi connectivity index (χ3n) is 2.97. The molecule has 0 fully saturated rings. The summed E-state index contributed by atoms with van der Waals surface area (Å²) in [4.78, 5) is 25.8. The van der Waals surface area contributed by atoms with Crippen LogP contribution < -0.4 is 16.0 Å². The molecule has 94 valence electrons. The Morgan fingerprint density at radius 3 is 2.67 bits per heavy atom. The number of aromatic nitrogens is 1. The van der Waals surface area contributed by atoms with Crippen LogP contribution in [0.4, 0.5) is 0 Å². The van der Waals surface area contributed by atoms with Gasteiger partial charge < -0.3 is 10.1 Å². The highest BCUT2D eigenvalue weighted by molar-refractivity contribution is 5.85. The van der Waals surface area contributed by atoms with Crippen molar-refractivity contribution in [1.82, 2.24) is 4.98 Å². The van der Waals surface area contributed by atoms with Gasteiger partial charge in [0, 0.05) is 16.7 Å². The second-order valence-corrected chi connectivity index (χ2v) is 5.12. The molecule has 0 saturated carbocycles. The van der Waals surface area contributed by atoms with Gasteiger partial charge in [-0.05, 0) is 12.5 Å². The van der Waals surface area contributed by atoms with E-state index in [1.807, 2.05) is 39.0 Å². The SMILES string of the molecule is CC1=c2[nH]c(C(=O)O)cc(=O)c2=CC(C)(C)C=C1. The van der Waals surface area contributed by atoms with Gasteiger partial charge in [-0.15, -0.1) is 0 Å². The van der Waals surface area contributed by atoms with Crippen molar-refractivity contribution in [1.29, 1.82) is 0 Å². The van der Waals surface area contributed by atoms with E-state index in [1.54, 1.807) is 0 Å². The summed E-state index contributed by atoms with van der Waals surface area (Å²) in [5.41, 5.74) is 0.272. The largest absolute Gasteiger partial charge is 0.477 e. The van der Waals surface area contributed by atoms with Crippen molar-refractivity contribution in [3.63, 3.8) is 0 Å². The average molecular weight is 245 g/mol. The van der Waals surface area contributed by atoms with E-state index in [9.17, 15) is 9.59 Å². The Kier molecular flexibility index (Phi) is 2.73. The van der Waals surface area contributed by atoms with Gasteiger partial charge in [-0.25, -0.2) is 4.79 Å². The number of aromatic amines is 1. The maximum absolute atomic E-state index is 12.0. The van der Waals surface area contributed by atoms with Gasteiger partial charge >= 0.3 is 5.97 Å². The molecule has 1 aliphatic carbocycles. The Bertz CT molecular complexity index is 720. The van der Waals surface area contributed by atoms with E-state index in [-0.39, 0.29) is 16.5 Å².